The molecule has 1 aromatic carbocycles. The molecular formula is C27H33N5O3. The third-order valence-electron chi connectivity index (χ3n) is 5.97. The summed E-state index contributed by atoms with van der Waals surface area (Å²) < 4.78 is 13.3. The van der Waals surface area contributed by atoms with Crippen LogP contribution in [0.15, 0.2) is 55.1 Å². The third kappa shape index (κ3) is 6.26. The van der Waals surface area contributed by atoms with Crippen LogP contribution in [-0.4, -0.2) is 32.2 Å². The first-order valence-electron chi connectivity index (χ1n) is 11.9. The summed E-state index contributed by atoms with van der Waals surface area (Å²) in [7, 11) is 0. The maximum Gasteiger partial charge on any atom is 0.413 e. The maximum absolute atomic E-state index is 12.5. The number of ether oxygens (including phenoxy) is 2. The highest BCUT2D eigenvalue weighted by Gasteiger charge is 2.31. The quantitative estimate of drug-likeness (QED) is 0.456. The lowest BCUT2D eigenvalue weighted by molar-refractivity contribution is 0.154. The van der Waals surface area contributed by atoms with Gasteiger partial charge >= 0.3 is 6.09 Å². The smallest absolute Gasteiger partial charge is 0.413 e. The van der Waals surface area contributed by atoms with Crippen LogP contribution in [0.25, 0.3) is 5.57 Å². The Hall–Kier alpha value is -3.68. The maximum atomic E-state index is 12.5. The van der Waals surface area contributed by atoms with Crippen LogP contribution in [0.2, 0.25) is 0 Å². The van der Waals surface area contributed by atoms with E-state index in [9.17, 15) is 4.79 Å². The fraction of sp³-hybridized carbons (Fsp3) is 0.407. The summed E-state index contributed by atoms with van der Waals surface area (Å²) in [6, 6.07) is 15.3. The number of allylic oxidation sites excluding steroid dienone is 1. The lowest BCUT2D eigenvalue weighted by Crippen LogP contribution is -2.27. The summed E-state index contributed by atoms with van der Waals surface area (Å²) in [5.74, 6) is 1.37. The molecule has 8 nitrogen and oxygen atoms in total. The van der Waals surface area contributed by atoms with Gasteiger partial charge in [0.2, 0.25) is 5.88 Å². The van der Waals surface area contributed by atoms with E-state index in [1.54, 1.807) is 0 Å². The molecule has 8 heteroatoms. The average Bonchev–Trinajstić information content (AvgIpc) is 3.46. The summed E-state index contributed by atoms with van der Waals surface area (Å²) in [6.07, 6.45) is 2.20. The number of anilines is 1. The summed E-state index contributed by atoms with van der Waals surface area (Å²) in [6.45, 7) is 12.2. The number of benzene rings is 1. The molecule has 0 spiro atoms. The van der Waals surface area contributed by atoms with Crippen LogP contribution in [0.3, 0.4) is 0 Å². The Kier molecular flexibility index (Phi) is 7.19. The highest BCUT2D eigenvalue weighted by molar-refractivity contribution is 5.83. The van der Waals surface area contributed by atoms with Gasteiger partial charge in [0, 0.05) is 18.1 Å². The molecule has 0 unspecified atom stereocenters. The van der Waals surface area contributed by atoms with Crippen molar-refractivity contribution >= 4 is 17.5 Å². The Morgan fingerprint density at radius 2 is 1.91 bits per heavy atom. The van der Waals surface area contributed by atoms with Gasteiger partial charge < -0.3 is 9.47 Å². The number of amides is 1. The van der Waals surface area contributed by atoms with Crippen molar-refractivity contribution in [3.05, 3.63) is 72.1 Å². The number of rotatable bonds is 7. The Bertz CT molecular complexity index is 1170. The van der Waals surface area contributed by atoms with Gasteiger partial charge in [0.05, 0.1) is 16.9 Å². The first kappa shape index (κ1) is 24.4. The van der Waals surface area contributed by atoms with Crippen molar-refractivity contribution in [2.45, 2.75) is 71.1 Å². The first-order chi connectivity index (χ1) is 16.7. The number of hydrogen-bond donors (Lipinski definition) is 1. The fourth-order valence-electron chi connectivity index (χ4n) is 4.16. The van der Waals surface area contributed by atoms with Gasteiger partial charge in [-0.1, -0.05) is 36.9 Å². The highest BCUT2D eigenvalue weighted by Crippen LogP contribution is 2.37. The van der Waals surface area contributed by atoms with Gasteiger partial charge in [-0.05, 0) is 64.2 Å². The Morgan fingerprint density at radius 3 is 2.57 bits per heavy atom. The second kappa shape index (κ2) is 10.3. The van der Waals surface area contributed by atoms with Crippen molar-refractivity contribution in [2.24, 2.45) is 0 Å². The van der Waals surface area contributed by atoms with Gasteiger partial charge in [-0.25, -0.2) is 9.48 Å². The highest BCUT2D eigenvalue weighted by atomic mass is 16.5. The first-order valence-corrected chi connectivity index (χ1v) is 11.9. The Morgan fingerprint density at radius 1 is 1.14 bits per heavy atom. The van der Waals surface area contributed by atoms with Crippen molar-refractivity contribution in [2.75, 3.05) is 5.32 Å². The van der Waals surface area contributed by atoms with Crippen LogP contribution in [0.5, 0.6) is 5.88 Å². The molecule has 1 aliphatic rings. The topological polar surface area (TPSA) is 91.2 Å². The predicted octanol–water partition coefficient (Wildman–Crippen LogP) is 5.93. The zero-order valence-electron chi connectivity index (χ0n) is 20.8. The van der Waals surface area contributed by atoms with E-state index in [1.165, 1.54) is 0 Å². The van der Waals surface area contributed by atoms with Crippen LogP contribution in [0, 0.1) is 0 Å². The molecule has 0 radical (unpaired) electrons. The lowest BCUT2D eigenvalue weighted by atomic mass is 10.0. The fourth-order valence-corrected chi connectivity index (χ4v) is 4.16. The third-order valence-corrected chi connectivity index (χ3v) is 5.97. The molecule has 1 amide bonds. The summed E-state index contributed by atoms with van der Waals surface area (Å²) in [5.41, 5.74) is 3.19. The molecule has 4 rings (SSSR count). The molecule has 3 aromatic rings. The molecular weight excluding hydrogens is 442 g/mol. The summed E-state index contributed by atoms with van der Waals surface area (Å²) in [5, 5.41) is 16.1. The van der Waals surface area contributed by atoms with E-state index >= 15 is 0 Å². The van der Waals surface area contributed by atoms with Crippen molar-refractivity contribution in [3.8, 4) is 5.88 Å². The van der Waals surface area contributed by atoms with Crippen molar-refractivity contribution in [1.29, 1.82) is 0 Å². The number of aromatic nitrogens is 4. The van der Waals surface area contributed by atoms with E-state index in [-0.39, 0.29) is 24.2 Å². The normalized spacial score (nSPS) is 17.7. The SMILES string of the molecule is C=C(C)c1ccc(O[C@@H]2CC[C@H](c3cc(NC(=O)OCc4ccccc4)n(C(C)(C)C)n3)C2)nn1. The minimum absolute atomic E-state index is 0.0389. The van der Waals surface area contributed by atoms with Gasteiger partial charge in [0.25, 0.3) is 0 Å². The van der Waals surface area contributed by atoms with E-state index in [0.29, 0.717) is 11.7 Å². The molecule has 2 aromatic heterocycles. The second-order valence-electron chi connectivity index (χ2n) is 10.0. The molecule has 0 aliphatic heterocycles. The van der Waals surface area contributed by atoms with Gasteiger partial charge in [0.1, 0.15) is 18.5 Å². The van der Waals surface area contributed by atoms with Crippen molar-refractivity contribution in [3.63, 3.8) is 0 Å². The van der Waals surface area contributed by atoms with E-state index in [1.807, 2.05) is 60.1 Å². The largest absolute Gasteiger partial charge is 0.473 e. The van der Waals surface area contributed by atoms with E-state index < -0.39 is 6.09 Å². The zero-order valence-corrected chi connectivity index (χ0v) is 20.8. The van der Waals surface area contributed by atoms with Crippen molar-refractivity contribution in [1.82, 2.24) is 20.0 Å². The lowest BCUT2D eigenvalue weighted by Gasteiger charge is -2.22. The van der Waals surface area contributed by atoms with Gasteiger partial charge in [0.15, 0.2) is 0 Å². The van der Waals surface area contributed by atoms with Gasteiger partial charge in [-0.2, -0.15) is 5.10 Å². The molecule has 1 N–H and O–H groups in total. The van der Waals surface area contributed by atoms with Crippen molar-refractivity contribution < 1.29 is 14.3 Å². The molecule has 0 bridgehead atoms. The van der Waals surface area contributed by atoms with E-state index in [2.05, 4.69) is 42.9 Å². The van der Waals surface area contributed by atoms with Gasteiger partial charge in [-0.15, -0.1) is 10.2 Å². The number of nitrogens with one attached hydrogen (secondary N) is 1. The van der Waals surface area contributed by atoms with E-state index in [4.69, 9.17) is 14.6 Å². The second-order valence-corrected chi connectivity index (χ2v) is 10.0. The number of nitrogens with zero attached hydrogens (tertiary/aromatic N) is 4. The van der Waals surface area contributed by atoms with Crippen LogP contribution < -0.4 is 10.1 Å². The summed E-state index contributed by atoms with van der Waals surface area (Å²) in [4.78, 5) is 12.5. The molecule has 35 heavy (non-hydrogen) atoms. The molecule has 1 fully saturated rings. The zero-order chi connectivity index (χ0) is 25.0. The minimum atomic E-state index is -0.504. The van der Waals surface area contributed by atoms with Crippen LogP contribution in [0.4, 0.5) is 10.6 Å². The number of carbonyl (C=O) groups is 1. The molecule has 1 aliphatic carbocycles. The average molecular weight is 476 g/mol. The van der Waals surface area contributed by atoms with Gasteiger partial charge in [-0.3, -0.25) is 5.32 Å². The Balaban J connectivity index is 1.40. The molecule has 1 saturated carbocycles. The minimum Gasteiger partial charge on any atom is -0.473 e. The molecule has 184 valence electrons. The molecule has 0 saturated heterocycles. The summed E-state index contributed by atoms with van der Waals surface area (Å²) >= 11 is 0. The van der Waals surface area contributed by atoms with Crippen LogP contribution >= 0.6 is 0 Å². The predicted molar refractivity (Wildman–Crippen MR) is 135 cm³/mol. The number of carbonyl (C=O) groups excluding carboxylic acids is 1. The number of hydrogen-bond acceptors (Lipinski definition) is 6. The Labute approximate surface area is 206 Å². The van der Waals surface area contributed by atoms with E-state index in [0.717, 1.165) is 41.8 Å². The van der Waals surface area contributed by atoms with Crippen LogP contribution in [-0.2, 0) is 16.9 Å². The standard InChI is InChI=1S/C27H33N5O3/c1-18(2)22-13-14-25(30-29-22)35-21-12-11-20(15-21)23-16-24(32(31-23)27(3,4)5)28-26(33)34-17-19-9-7-6-8-10-19/h6-10,13-14,16,20-21H,1,11-12,15,17H2,2-5H3,(H,28,33)/t20-,21+/m0/s1. The monoisotopic (exact) mass is 475 g/mol. The van der Waals surface area contributed by atoms with Crippen LogP contribution in [0.1, 0.15) is 69.8 Å². The molecule has 2 heterocycles. The molecule has 2 atom stereocenters.